The minimum Gasteiger partial charge on any atom is -0.377 e. The number of piperazine rings is 1. The van der Waals surface area contributed by atoms with Gasteiger partial charge in [0.2, 0.25) is 11.8 Å². The van der Waals surface area contributed by atoms with Crippen molar-refractivity contribution in [2.24, 2.45) is 0 Å². The zero-order valence-electron chi connectivity index (χ0n) is 16.3. The number of hydrogen-bond donors (Lipinski definition) is 2. The van der Waals surface area contributed by atoms with Crippen molar-refractivity contribution < 1.29 is 18.7 Å². The molecule has 0 aliphatic carbocycles. The van der Waals surface area contributed by atoms with E-state index in [1.807, 2.05) is 9.80 Å². The molecular weight excluding hydrogens is 422 g/mol. The van der Waals surface area contributed by atoms with E-state index in [1.54, 1.807) is 0 Å². The van der Waals surface area contributed by atoms with Crippen molar-refractivity contribution in [1.29, 1.82) is 0 Å². The van der Waals surface area contributed by atoms with Crippen LogP contribution in [-0.4, -0.2) is 80.1 Å². The summed E-state index contributed by atoms with van der Waals surface area (Å²) in [6.07, 6.45) is 2.38. The Morgan fingerprint density at radius 1 is 1.10 bits per heavy atom. The average molecular weight is 451 g/mol. The van der Waals surface area contributed by atoms with E-state index in [-0.39, 0.29) is 55.1 Å². The van der Waals surface area contributed by atoms with Crippen LogP contribution in [0, 0.1) is 5.82 Å². The van der Waals surface area contributed by atoms with Crippen molar-refractivity contribution in [3.8, 4) is 0 Å². The summed E-state index contributed by atoms with van der Waals surface area (Å²) < 4.78 is 18.4. The monoisotopic (exact) mass is 450 g/mol. The molecule has 0 spiro atoms. The molecule has 1 atom stereocenters. The molecule has 2 saturated heterocycles. The first-order valence-electron chi connectivity index (χ1n) is 9.48. The topological polar surface area (TPSA) is 73.9 Å². The zero-order valence-corrected chi connectivity index (χ0v) is 17.9. The number of hydrogen-bond acceptors (Lipinski definition) is 5. The Morgan fingerprint density at radius 2 is 1.79 bits per heavy atom. The van der Waals surface area contributed by atoms with Crippen LogP contribution in [0.1, 0.15) is 12.8 Å². The van der Waals surface area contributed by atoms with E-state index in [9.17, 15) is 14.0 Å². The normalized spacial score (nSPS) is 19.2. The van der Waals surface area contributed by atoms with Crippen LogP contribution in [0.4, 0.5) is 10.1 Å². The maximum Gasteiger partial charge on any atom is 0.238 e. The first-order valence-corrected chi connectivity index (χ1v) is 9.48. The summed E-state index contributed by atoms with van der Waals surface area (Å²) in [5.74, 6) is -0.387. The standard InChI is InChI=1S/C19H27FN4O3.2ClH/c20-15-3-5-16(6-4-15)22-18(25)14-23-7-9-24(10-8-23)19(26)13-21-12-17-2-1-11-27-17;;/h3-6,17,21H,1-2,7-14H2,(H,22,25);2*1H. The molecule has 164 valence electrons. The Hall–Kier alpha value is -1.45. The van der Waals surface area contributed by atoms with E-state index in [4.69, 9.17) is 4.74 Å². The van der Waals surface area contributed by atoms with Crippen LogP contribution >= 0.6 is 24.8 Å². The van der Waals surface area contributed by atoms with Gasteiger partial charge in [-0.15, -0.1) is 24.8 Å². The van der Waals surface area contributed by atoms with E-state index < -0.39 is 0 Å². The van der Waals surface area contributed by atoms with Gasteiger partial charge in [-0.3, -0.25) is 14.5 Å². The highest BCUT2D eigenvalue weighted by atomic mass is 35.5. The maximum atomic E-state index is 12.9. The van der Waals surface area contributed by atoms with Gasteiger partial charge in [-0.05, 0) is 37.1 Å². The number of carbonyl (C=O) groups is 2. The molecule has 29 heavy (non-hydrogen) atoms. The number of nitrogens with zero attached hydrogens (tertiary/aromatic N) is 2. The predicted molar refractivity (Wildman–Crippen MR) is 114 cm³/mol. The molecule has 7 nitrogen and oxygen atoms in total. The van der Waals surface area contributed by atoms with Crippen LogP contribution in [0.3, 0.4) is 0 Å². The quantitative estimate of drug-likeness (QED) is 0.658. The van der Waals surface area contributed by atoms with Gasteiger partial charge in [-0.1, -0.05) is 0 Å². The predicted octanol–water partition coefficient (Wildman–Crippen LogP) is 1.52. The maximum absolute atomic E-state index is 12.9. The summed E-state index contributed by atoms with van der Waals surface area (Å²) in [5, 5.41) is 5.93. The molecule has 1 aromatic rings. The minimum absolute atomic E-state index is 0. The number of benzene rings is 1. The number of nitrogens with one attached hydrogen (secondary N) is 2. The lowest BCUT2D eigenvalue weighted by Gasteiger charge is -2.34. The molecule has 2 heterocycles. The molecule has 10 heteroatoms. The summed E-state index contributed by atoms with van der Waals surface area (Å²) in [6.45, 7) is 4.67. The third-order valence-electron chi connectivity index (χ3n) is 4.89. The van der Waals surface area contributed by atoms with Crippen molar-refractivity contribution in [2.45, 2.75) is 18.9 Å². The molecule has 3 rings (SSSR count). The molecule has 2 N–H and O–H groups in total. The fraction of sp³-hybridized carbons (Fsp3) is 0.579. The molecule has 2 aliphatic heterocycles. The Bertz CT molecular complexity index is 637. The lowest BCUT2D eigenvalue weighted by Crippen LogP contribution is -2.52. The fourth-order valence-electron chi connectivity index (χ4n) is 3.35. The van der Waals surface area contributed by atoms with Crippen molar-refractivity contribution in [3.05, 3.63) is 30.1 Å². The van der Waals surface area contributed by atoms with Gasteiger partial charge in [0.15, 0.2) is 0 Å². The lowest BCUT2D eigenvalue weighted by molar-refractivity contribution is -0.132. The second-order valence-corrected chi connectivity index (χ2v) is 6.98. The zero-order chi connectivity index (χ0) is 19.1. The largest absolute Gasteiger partial charge is 0.377 e. The highest BCUT2D eigenvalue weighted by molar-refractivity contribution is 5.92. The van der Waals surface area contributed by atoms with Crippen LogP contribution in [0.15, 0.2) is 24.3 Å². The van der Waals surface area contributed by atoms with Gasteiger partial charge in [0.25, 0.3) is 0 Å². The van der Waals surface area contributed by atoms with E-state index >= 15 is 0 Å². The average Bonchev–Trinajstić information content (AvgIpc) is 3.17. The Kier molecular flexibility index (Phi) is 11.4. The van der Waals surface area contributed by atoms with Crippen molar-refractivity contribution in [3.63, 3.8) is 0 Å². The third-order valence-corrected chi connectivity index (χ3v) is 4.89. The number of amides is 2. The Balaban J connectivity index is 0.00000210. The van der Waals surface area contributed by atoms with Crippen LogP contribution in [-0.2, 0) is 14.3 Å². The second kappa shape index (κ2) is 13.0. The molecule has 1 unspecified atom stereocenters. The van der Waals surface area contributed by atoms with E-state index in [0.29, 0.717) is 38.4 Å². The van der Waals surface area contributed by atoms with Crippen LogP contribution in [0.5, 0.6) is 0 Å². The smallest absolute Gasteiger partial charge is 0.238 e. The molecule has 2 amide bonds. The van der Waals surface area contributed by atoms with Crippen molar-refractivity contribution >= 4 is 42.3 Å². The molecule has 2 fully saturated rings. The number of ether oxygens (including phenoxy) is 1. The number of halogens is 3. The van der Waals surface area contributed by atoms with Crippen LogP contribution in [0.25, 0.3) is 0 Å². The minimum atomic E-state index is -0.334. The Morgan fingerprint density at radius 3 is 2.41 bits per heavy atom. The second-order valence-electron chi connectivity index (χ2n) is 6.98. The van der Waals surface area contributed by atoms with Crippen molar-refractivity contribution in [1.82, 2.24) is 15.1 Å². The van der Waals surface area contributed by atoms with Gasteiger partial charge >= 0.3 is 0 Å². The molecule has 0 bridgehead atoms. The summed E-state index contributed by atoms with van der Waals surface area (Å²) in [4.78, 5) is 28.2. The molecule has 0 radical (unpaired) electrons. The van der Waals surface area contributed by atoms with Gasteiger partial charge in [0.05, 0.1) is 19.2 Å². The van der Waals surface area contributed by atoms with Gasteiger partial charge in [-0.2, -0.15) is 0 Å². The Labute approximate surface area is 183 Å². The first-order chi connectivity index (χ1) is 13.1. The van der Waals surface area contributed by atoms with E-state index in [2.05, 4.69) is 10.6 Å². The highest BCUT2D eigenvalue weighted by Crippen LogP contribution is 2.11. The molecule has 0 saturated carbocycles. The van der Waals surface area contributed by atoms with Crippen LogP contribution in [0.2, 0.25) is 0 Å². The van der Waals surface area contributed by atoms with Crippen molar-refractivity contribution in [2.75, 3.05) is 57.7 Å². The van der Waals surface area contributed by atoms with E-state index in [0.717, 1.165) is 26.0 Å². The SMILES string of the molecule is Cl.Cl.O=C(CN1CCN(C(=O)CNCC2CCCO2)CC1)Nc1ccc(F)cc1. The van der Waals surface area contributed by atoms with Crippen LogP contribution < -0.4 is 10.6 Å². The van der Waals surface area contributed by atoms with Gasteiger partial charge in [0, 0.05) is 45.0 Å². The summed E-state index contributed by atoms with van der Waals surface area (Å²) in [6, 6.07) is 5.70. The molecule has 2 aliphatic rings. The van der Waals surface area contributed by atoms with Gasteiger partial charge in [0.1, 0.15) is 5.82 Å². The highest BCUT2D eigenvalue weighted by Gasteiger charge is 2.23. The summed E-state index contributed by atoms with van der Waals surface area (Å²) in [7, 11) is 0. The lowest BCUT2D eigenvalue weighted by atomic mass is 10.2. The van der Waals surface area contributed by atoms with E-state index in [1.165, 1.54) is 24.3 Å². The first kappa shape index (κ1) is 25.6. The number of anilines is 1. The molecular formula is C19H29Cl2FN4O3. The molecule has 1 aromatic carbocycles. The summed E-state index contributed by atoms with van der Waals surface area (Å²) >= 11 is 0. The number of carbonyl (C=O) groups excluding carboxylic acids is 2. The third kappa shape index (κ3) is 8.44. The van der Waals surface area contributed by atoms with Gasteiger partial charge < -0.3 is 20.3 Å². The van der Waals surface area contributed by atoms with Gasteiger partial charge in [-0.25, -0.2) is 4.39 Å². The molecule has 0 aromatic heterocycles. The summed E-state index contributed by atoms with van der Waals surface area (Å²) in [5.41, 5.74) is 0.576. The number of rotatable bonds is 7. The fourth-order valence-corrected chi connectivity index (χ4v) is 3.35.